The van der Waals surface area contributed by atoms with Gasteiger partial charge < -0.3 is 15.1 Å². The number of hydrogen-bond acceptors (Lipinski definition) is 6. The first-order valence-corrected chi connectivity index (χ1v) is 12.5. The molecule has 0 bridgehead atoms. The third-order valence-corrected chi connectivity index (χ3v) is 7.74. The predicted octanol–water partition coefficient (Wildman–Crippen LogP) is 0.672. The molecule has 0 radical (unpaired) electrons. The van der Waals surface area contributed by atoms with Crippen LogP contribution < -0.4 is 16.0 Å². The third kappa shape index (κ3) is 4.34. The molecule has 9 heteroatoms. The maximum atomic E-state index is 13.5. The van der Waals surface area contributed by atoms with Crippen LogP contribution in [0.25, 0.3) is 0 Å². The molecule has 3 fully saturated rings. The maximum Gasteiger partial charge on any atom is 0.255 e. The van der Waals surface area contributed by atoms with E-state index in [0.717, 1.165) is 69.4 Å². The lowest BCUT2D eigenvalue weighted by Crippen LogP contribution is -2.61. The normalized spacial score (nSPS) is 24.7. The van der Waals surface area contributed by atoms with Gasteiger partial charge in [0.05, 0.1) is 5.54 Å². The van der Waals surface area contributed by atoms with E-state index in [1.54, 1.807) is 4.90 Å². The zero-order valence-corrected chi connectivity index (χ0v) is 19.5. The minimum Gasteiger partial charge on any atom is -0.339 e. The lowest BCUT2D eigenvalue weighted by atomic mass is 9.80. The summed E-state index contributed by atoms with van der Waals surface area (Å²) < 4.78 is 0. The zero-order chi connectivity index (χ0) is 23.7. The van der Waals surface area contributed by atoms with Crippen molar-refractivity contribution >= 4 is 23.6 Å². The second-order valence-electron chi connectivity index (χ2n) is 9.93. The molecule has 1 aromatic carbocycles. The standard InChI is InChI=1S/C25H33N5O4/c31-21-7-6-20(22(32)28-21)30-16-18-5-4-17(14-19(18)23(30)33)15-27-25(8-2-1-3-9-25)24(34)29-12-10-26-11-13-29/h4-5,14,20,26-27H,1-3,6-13,15-16H2,(H,28,31,32). The zero-order valence-electron chi connectivity index (χ0n) is 19.5. The van der Waals surface area contributed by atoms with Gasteiger partial charge in [-0.1, -0.05) is 31.4 Å². The number of nitrogens with one attached hydrogen (secondary N) is 3. The molecular formula is C25H33N5O4. The van der Waals surface area contributed by atoms with E-state index in [2.05, 4.69) is 16.0 Å². The molecule has 0 aromatic heterocycles. The summed E-state index contributed by atoms with van der Waals surface area (Å²) >= 11 is 0. The summed E-state index contributed by atoms with van der Waals surface area (Å²) in [5, 5.41) is 9.26. The Morgan fingerprint density at radius 2 is 1.85 bits per heavy atom. The van der Waals surface area contributed by atoms with Gasteiger partial charge in [0.25, 0.3) is 5.91 Å². The Morgan fingerprint density at radius 1 is 1.09 bits per heavy atom. The highest BCUT2D eigenvalue weighted by atomic mass is 16.2. The van der Waals surface area contributed by atoms with Gasteiger partial charge in [-0.15, -0.1) is 0 Å². The van der Waals surface area contributed by atoms with Gasteiger partial charge in [0, 0.05) is 51.3 Å². The van der Waals surface area contributed by atoms with Crippen LogP contribution in [0.1, 0.15) is 66.4 Å². The molecule has 182 valence electrons. The number of piperidine rings is 1. The lowest BCUT2D eigenvalue weighted by molar-refractivity contribution is -0.141. The van der Waals surface area contributed by atoms with E-state index in [9.17, 15) is 19.2 Å². The van der Waals surface area contributed by atoms with Crippen molar-refractivity contribution in [2.45, 2.75) is 69.6 Å². The molecule has 0 spiro atoms. The van der Waals surface area contributed by atoms with Gasteiger partial charge in [-0.25, -0.2) is 0 Å². The van der Waals surface area contributed by atoms with Crippen LogP contribution in [0.4, 0.5) is 0 Å². The van der Waals surface area contributed by atoms with Crippen molar-refractivity contribution in [1.82, 2.24) is 25.8 Å². The summed E-state index contributed by atoms with van der Waals surface area (Å²) in [5.74, 6) is -0.652. The van der Waals surface area contributed by atoms with Crippen molar-refractivity contribution in [2.75, 3.05) is 26.2 Å². The molecule has 34 heavy (non-hydrogen) atoms. The number of amides is 4. The van der Waals surface area contributed by atoms with Crippen molar-refractivity contribution in [3.05, 3.63) is 34.9 Å². The molecular weight excluding hydrogens is 434 g/mol. The fourth-order valence-corrected chi connectivity index (χ4v) is 5.78. The molecule has 1 aromatic rings. The Hall–Kier alpha value is -2.78. The fraction of sp³-hybridized carbons (Fsp3) is 0.600. The second kappa shape index (κ2) is 9.46. The van der Waals surface area contributed by atoms with E-state index >= 15 is 0 Å². The summed E-state index contributed by atoms with van der Waals surface area (Å²) in [7, 11) is 0. The molecule has 5 rings (SSSR count). The number of benzene rings is 1. The summed E-state index contributed by atoms with van der Waals surface area (Å²) in [4.78, 5) is 54.0. The van der Waals surface area contributed by atoms with Gasteiger partial charge in [-0.3, -0.25) is 29.8 Å². The maximum absolute atomic E-state index is 13.5. The van der Waals surface area contributed by atoms with Gasteiger partial charge in [-0.2, -0.15) is 0 Å². The number of imide groups is 1. The third-order valence-electron chi connectivity index (χ3n) is 7.74. The van der Waals surface area contributed by atoms with E-state index in [1.165, 1.54) is 0 Å². The Balaban J connectivity index is 1.29. The highest BCUT2D eigenvalue weighted by molar-refractivity contribution is 6.05. The summed E-state index contributed by atoms with van der Waals surface area (Å²) in [6.45, 7) is 4.03. The molecule has 1 saturated carbocycles. The molecule has 1 aliphatic carbocycles. The minimum absolute atomic E-state index is 0.171. The first kappa shape index (κ1) is 23.0. The number of nitrogens with zero attached hydrogens (tertiary/aromatic N) is 2. The molecule has 4 amide bonds. The Kier molecular flexibility index (Phi) is 6.40. The largest absolute Gasteiger partial charge is 0.339 e. The van der Waals surface area contributed by atoms with Crippen LogP contribution in [0.2, 0.25) is 0 Å². The molecule has 4 aliphatic rings. The van der Waals surface area contributed by atoms with E-state index in [-0.39, 0.29) is 24.1 Å². The first-order valence-electron chi connectivity index (χ1n) is 12.5. The molecule has 3 heterocycles. The van der Waals surface area contributed by atoms with Gasteiger partial charge >= 0.3 is 0 Å². The Labute approximate surface area is 199 Å². The van der Waals surface area contributed by atoms with Crippen LogP contribution in [0, 0.1) is 0 Å². The second-order valence-corrected chi connectivity index (χ2v) is 9.93. The van der Waals surface area contributed by atoms with Crippen molar-refractivity contribution in [1.29, 1.82) is 0 Å². The first-order chi connectivity index (χ1) is 16.5. The van der Waals surface area contributed by atoms with Gasteiger partial charge in [0.1, 0.15) is 6.04 Å². The number of piperazine rings is 1. The topological polar surface area (TPSA) is 111 Å². The lowest BCUT2D eigenvalue weighted by Gasteiger charge is -2.42. The van der Waals surface area contributed by atoms with Crippen molar-refractivity contribution in [3.8, 4) is 0 Å². The number of carbonyl (C=O) groups excluding carboxylic acids is 4. The van der Waals surface area contributed by atoms with Crippen LogP contribution >= 0.6 is 0 Å². The van der Waals surface area contributed by atoms with Crippen LogP contribution in [-0.2, 0) is 27.5 Å². The summed E-state index contributed by atoms with van der Waals surface area (Å²) in [5.41, 5.74) is 1.91. The Morgan fingerprint density at radius 3 is 2.59 bits per heavy atom. The highest BCUT2D eigenvalue weighted by Crippen LogP contribution is 2.32. The van der Waals surface area contributed by atoms with E-state index in [4.69, 9.17) is 0 Å². The SMILES string of the molecule is O=C1CCC(N2Cc3ccc(CNC4(C(=O)N5CCNCC5)CCCCC4)cc3C2=O)C(=O)N1. The predicted molar refractivity (Wildman–Crippen MR) is 125 cm³/mol. The van der Waals surface area contributed by atoms with Gasteiger partial charge in [0.15, 0.2) is 0 Å². The van der Waals surface area contributed by atoms with Gasteiger partial charge in [0.2, 0.25) is 17.7 Å². The van der Waals surface area contributed by atoms with Crippen molar-refractivity contribution in [3.63, 3.8) is 0 Å². The smallest absolute Gasteiger partial charge is 0.255 e. The van der Waals surface area contributed by atoms with E-state index < -0.39 is 17.5 Å². The molecule has 3 N–H and O–H groups in total. The van der Waals surface area contributed by atoms with E-state index in [0.29, 0.717) is 25.1 Å². The van der Waals surface area contributed by atoms with Crippen LogP contribution in [-0.4, -0.2) is 71.2 Å². The van der Waals surface area contributed by atoms with Gasteiger partial charge in [-0.05, 0) is 36.5 Å². The molecule has 3 aliphatic heterocycles. The monoisotopic (exact) mass is 467 g/mol. The Bertz CT molecular complexity index is 997. The average Bonchev–Trinajstić information content (AvgIpc) is 3.19. The number of rotatable bonds is 5. The summed E-state index contributed by atoms with van der Waals surface area (Å²) in [6.07, 6.45) is 5.50. The number of fused-ring (bicyclic) bond motifs is 1. The number of carbonyl (C=O) groups is 4. The quantitative estimate of drug-likeness (QED) is 0.549. The van der Waals surface area contributed by atoms with Crippen LogP contribution in [0.15, 0.2) is 18.2 Å². The molecule has 1 atom stereocenters. The van der Waals surface area contributed by atoms with Crippen molar-refractivity contribution < 1.29 is 19.2 Å². The van der Waals surface area contributed by atoms with Crippen molar-refractivity contribution in [2.24, 2.45) is 0 Å². The average molecular weight is 468 g/mol. The van der Waals surface area contributed by atoms with E-state index in [1.807, 2.05) is 23.1 Å². The molecule has 2 saturated heterocycles. The minimum atomic E-state index is -0.610. The number of hydrogen-bond donors (Lipinski definition) is 3. The molecule has 1 unspecified atom stereocenters. The molecule has 9 nitrogen and oxygen atoms in total. The summed E-state index contributed by atoms with van der Waals surface area (Å²) in [6, 6.07) is 5.23. The highest BCUT2D eigenvalue weighted by Gasteiger charge is 2.42. The fourth-order valence-electron chi connectivity index (χ4n) is 5.78. The van der Waals surface area contributed by atoms with Crippen LogP contribution in [0.3, 0.4) is 0 Å². The van der Waals surface area contributed by atoms with Crippen LogP contribution in [0.5, 0.6) is 0 Å².